The second-order valence-corrected chi connectivity index (χ2v) is 6.43. The van der Waals surface area contributed by atoms with Gasteiger partial charge in [-0.3, -0.25) is 0 Å². The van der Waals surface area contributed by atoms with Crippen molar-refractivity contribution in [3.8, 4) is 0 Å². The molecule has 8 heteroatoms. The Kier molecular flexibility index (Phi) is 6.05. The van der Waals surface area contributed by atoms with E-state index in [0.29, 0.717) is 0 Å². The lowest BCUT2D eigenvalue weighted by Crippen LogP contribution is -2.65. The van der Waals surface area contributed by atoms with Crippen molar-refractivity contribution in [2.45, 2.75) is 36.6 Å². The van der Waals surface area contributed by atoms with Crippen LogP contribution in [0.4, 0.5) is 0 Å². The molecule has 0 saturated heterocycles. The molecule has 1 fully saturated rings. The number of hydrogen-bond acceptors (Lipinski definition) is 8. The third-order valence-corrected chi connectivity index (χ3v) is 4.55. The van der Waals surface area contributed by atoms with Crippen molar-refractivity contribution in [1.82, 2.24) is 0 Å². The molecule has 1 saturated carbocycles. The van der Waals surface area contributed by atoms with Gasteiger partial charge >= 0.3 is 11.9 Å². The maximum atomic E-state index is 12.2. The second kappa shape index (κ2) is 8.49. The lowest BCUT2D eigenvalue weighted by Gasteiger charge is -2.42. The molecule has 0 aliphatic heterocycles. The van der Waals surface area contributed by atoms with E-state index >= 15 is 0 Å². The first-order valence-corrected chi connectivity index (χ1v) is 8.64. The molecular weight excluding hydrogens is 368 g/mol. The van der Waals surface area contributed by atoms with Gasteiger partial charge in [-0.1, -0.05) is 36.4 Å². The molecule has 4 N–H and O–H groups in total. The highest BCUT2D eigenvalue weighted by molar-refractivity contribution is 5.90. The minimum Gasteiger partial charge on any atom is -0.453 e. The molecule has 0 amide bonds. The molecule has 3 rings (SSSR count). The summed E-state index contributed by atoms with van der Waals surface area (Å²) in [5, 5.41) is 41.1. The van der Waals surface area contributed by atoms with Gasteiger partial charge < -0.3 is 29.9 Å². The lowest BCUT2D eigenvalue weighted by atomic mass is 9.84. The average molecular weight is 388 g/mol. The molecule has 0 heterocycles. The number of ether oxygens (including phenoxy) is 2. The third kappa shape index (κ3) is 4.05. The molecule has 2 aromatic rings. The van der Waals surface area contributed by atoms with Gasteiger partial charge in [0.15, 0.2) is 12.2 Å². The first-order valence-electron chi connectivity index (χ1n) is 8.64. The summed E-state index contributed by atoms with van der Waals surface area (Å²) in [6.45, 7) is 0. The zero-order chi connectivity index (χ0) is 20.3. The molecule has 0 spiro atoms. The summed E-state index contributed by atoms with van der Waals surface area (Å²) < 4.78 is 10.2. The second-order valence-electron chi connectivity index (χ2n) is 6.43. The van der Waals surface area contributed by atoms with E-state index in [0.717, 1.165) is 0 Å². The van der Waals surface area contributed by atoms with E-state index in [1.54, 1.807) is 36.4 Å². The summed E-state index contributed by atoms with van der Waals surface area (Å²) in [6.07, 6.45) is -10.3. The van der Waals surface area contributed by atoms with Gasteiger partial charge in [-0.2, -0.15) is 0 Å². The summed E-state index contributed by atoms with van der Waals surface area (Å²) in [7, 11) is 0. The Morgan fingerprint density at radius 1 is 0.571 bits per heavy atom. The Labute approximate surface area is 160 Å². The lowest BCUT2D eigenvalue weighted by molar-refractivity contribution is -0.223. The summed E-state index contributed by atoms with van der Waals surface area (Å²) >= 11 is 0. The van der Waals surface area contributed by atoms with Gasteiger partial charge in [0.05, 0.1) is 11.1 Å². The number of rotatable bonds is 4. The maximum Gasteiger partial charge on any atom is 0.338 e. The van der Waals surface area contributed by atoms with Crippen LogP contribution in [0.5, 0.6) is 0 Å². The largest absolute Gasteiger partial charge is 0.453 e. The fourth-order valence-corrected chi connectivity index (χ4v) is 2.99. The van der Waals surface area contributed by atoms with E-state index in [9.17, 15) is 30.0 Å². The van der Waals surface area contributed by atoms with Crippen LogP contribution in [-0.2, 0) is 9.47 Å². The van der Waals surface area contributed by atoms with Gasteiger partial charge in [-0.15, -0.1) is 0 Å². The highest BCUT2D eigenvalue weighted by atomic mass is 16.6. The molecule has 0 bridgehead atoms. The van der Waals surface area contributed by atoms with Gasteiger partial charge in [0, 0.05) is 0 Å². The predicted octanol–water partition coefficient (Wildman–Crippen LogP) is -0.105. The monoisotopic (exact) mass is 388 g/mol. The summed E-state index contributed by atoms with van der Waals surface area (Å²) in [5.41, 5.74) is 0.340. The minimum atomic E-state index is -1.78. The van der Waals surface area contributed by atoms with E-state index in [4.69, 9.17) is 9.47 Å². The van der Waals surface area contributed by atoms with Crippen LogP contribution in [0.25, 0.3) is 0 Å². The zero-order valence-electron chi connectivity index (χ0n) is 14.7. The normalized spacial score (nSPS) is 29.7. The Hall–Kier alpha value is -2.78. The molecule has 28 heavy (non-hydrogen) atoms. The van der Waals surface area contributed by atoms with Crippen LogP contribution >= 0.6 is 0 Å². The number of hydrogen-bond donors (Lipinski definition) is 4. The summed E-state index contributed by atoms with van der Waals surface area (Å²) in [5.74, 6) is -1.69. The molecule has 8 nitrogen and oxygen atoms in total. The Morgan fingerprint density at radius 2 is 0.857 bits per heavy atom. The molecule has 1 aliphatic rings. The predicted molar refractivity (Wildman–Crippen MR) is 95.3 cm³/mol. The fourth-order valence-electron chi connectivity index (χ4n) is 2.99. The highest BCUT2D eigenvalue weighted by Gasteiger charge is 2.52. The van der Waals surface area contributed by atoms with Crippen molar-refractivity contribution in [3.63, 3.8) is 0 Å². The Bertz CT molecular complexity index is 724. The minimum absolute atomic E-state index is 0.170. The average Bonchev–Trinajstić information content (AvgIpc) is 2.73. The van der Waals surface area contributed by atoms with Crippen molar-refractivity contribution in [2.24, 2.45) is 0 Å². The number of carbonyl (C=O) groups is 2. The summed E-state index contributed by atoms with van der Waals surface area (Å²) in [6, 6.07) is 15.7. The molecule has 6 atom stereocenters. The molecule has 0 radical (unpaired) electrons. The zero-order valence-corrected chi connectivity index (χ0v) is 14.7. The third-order valence-electron chi connectivity index (χ3n) is 4.55. The fraction of sp³-hybridized carbons (Fsp3) is 0.300. The van der Waals surface area contributed by atoms with E-state index in [1.165, 1.54) is 24.3 Å². The topological polar surface area (TPSA) is 134 Å². The first-order chi connectivity index (χ1) is 13.4. The van der Waals surface area contributed by atoms with E-state index in [2.05, 4.69) is 0 Å². The molecule has 2 unspecified atom stereocenters. The number of carbonyl (C=O) groups excluding carboxylic acids is 2. The van der Waals surface area contributed by atoms with Crippen molar-refractivity contribution in [3.05, 3.63) is 71.8 Å². The molecule has 0 aromatic heterocycles. The van der Waals surface area contributed by atoms with Crippen LogP contribution in [0.1, 0.15) is 20.7 Å². The molecular formula is C20H20O8. The van der Waals surface area contributed by atoms with Crippen LogP contribution in [0.3, 0.4) is 0 Å². The van der Waals surface area contributed by atoms with E-state index in [1.807, 2.05) is 0 Å². The van der Waals surface area contributed by atoms with Crippen LogP contribution in [0, 0.1) is 0 Å². The summed E-state index contributed by atoms with van der Waals surface area (Å²) in [4.78, 5) is 24.3. The first kappa shape index (κ1) is 20.0. The van der Waals surface area contributed by atoms with Gasteiger partial charge in [0.25, 0.3) is 0 Å². The highest BCUT2D eigenvalue weighted by Crippen LogP contribution is 2.27. The van der Waals surface area contributed by atoms with E-state index in [-0.39, 0.29) is 11.1 Å². The smallest absolute Gasteiger partial charge is 0.338 e. The Morgan fingerprint density at radius 3 is 1.14 bits per heavy atom. The number of benzene rings is 2. The van der Waals surface area contributed by atoms with Crippen LogP contribution in [-0.4, -0.2) is 69.0 Å². The standard InChI is InChI=1S/C20H20O8/c21-13-15(23)18(28-20(26)12-9-5-2-6-10-12)16(24)14(22)17(13)27-19(25)11-7-3-1-4-8-11/h1-10,13-18,21-24H/t13-,14+,15-,16+,17?,18?. The van der Waals surface area contributed by atoms with Crippen molar-refractivity contribution in [1.29, 1.82) is 0 Å². The molecule has 1 aliphatic carbocycles. The van der Waals surface area contributed by atoms with Gasteiger partial charge in [-0.25, -0.2) is 9.59 Å². The van der Waals surface area contributed by atoms with Crippen molar-refractivity contribution < 1.29 is 39.5 Å². The Balaban J connectivity index is 1.72. The molecule has 2 aromatic carbocycles. The van der Waals surface area contributed by atoms with Crippen molar-refractivity contribution >= 4 is 11.9 Å². The molecule has 148 valence electrons. The van der Waals surface area contributed by atoms with Crippen molar-refractivity contribution in [2.75, 3.05) is 0 Å². The van der Waals surface area contributed by atoms with Crippen LogP contribution < -0.4 is 0 Å². The van der Waals surface area contributed by atoms with Crippen LogP contribution in [0.2, 0.25) is 0 Å². The maximum absolute atomic E-state index is 12.2. The number of aliphatic hydroxyl groups is 4. The van der Waals surface area contributed by atoms with Gasteiger partial charge in [0.1, 0.15) is 24.4 Å². The SMILES string of the molecule is O=C(OC1[C@@H](O)[C@H](O)C(OC(=O)c2ccccc2)[C@H](O)[C@H]1O)c1ccccc1. The van der Waals surface area contributed by atoms with E-state index < -0.39 is 48.6 Å². The van der Waals surface area contributed by atoms with Crippen LogP contribution in [0.15, 0.2) is 60.7 Å². The van der Waals surface area contributed by atoms with Gasteiger partial charge in [0.2, 0.25) is 0 Å². The van der Waals surface area contributed by atoms with Gasteiger partial charge in [-0.05, 0) is 24.3 Å². The number of aliphatic hydroxyl groups excluding tert-OH is 4. The number of esters is 2. The quantitative estimate of drug-likeness (QED) is 0.534.